The molecule has 0 heterocycles. The van der Waals surface area contributed by atoms with E-state index in [0.717, 1.165) is 16.8 Å². The molecule has 14 heavy (non-hydrogen) atoms. The van der Waals surface area contributed by atoms with E-state index in [1.165, 1.54) is 0 Å². The van der Waals surface area contributed by atoms with Crippen molar-refractivity contribution in [2.24, 2.45) is 0 Å². The van der Waals surface area contributed by atoms with Crippen molar-refractivity contribution in [2.75, 3.05) is 25.6 Å². The maximum Gasteiger partial charge on any atom is 0.0409 e. The van der Waals surface area contributed by atoms with Crippen LogP contribution in [-0.2, 0) is 0 Å². The smallest absolute Gasteiger partial charge is 0.0409 e. The average Bonchev–Trinajstić information content (AvgIpc) is 2.09. The first-order chi connectivity index (χ1) is 6.50. The van der Waals surface area contributed by atoms with Crippen LogP contribution in [0.3, 0.4) is 0 Å². The molecule has 0 aliphatic carbocycles. The zero-order valence-electron chi connectivity index (χ0n) is 8.91. The highest BCUT2D eigenvalue weighted by molar-refractivity contribution is 5.70. The summed E-state index contributed by atoms with van der Waals surface area (Å²) < 4.78 is 0. The molecular formula is C11H17N3. The van der Waals surface area contributed by atoms with Crippen LogP contribution in [-0.4, -0.2) is 19.0 Å². The Kier molecular flexibility index (Phi) is 3.02. The molecule has 3 nitrogen and oxygen atoms in total. The second kappa shape index (κ2) is 4.05. The molecule has 0 aliphatic heterocycles. The normalized spacial score (nSPS) is 10.8. The molecule has 0 bridgehead atoms. The third kappa shape index (κ3) is 2.42. The van der Waals surface area contributed by atoms with Gasteiger partial charge in [0.25, 0.3) is 0 Å². The van der Waals surface area contributed by atoms with Crippen LogP contribution in [0.2, 0.25) is 0 Å². The maximum absolute atomic E-state index is 5.83. The van der Waals surface area contributed by atoms with Crippen LogP contribution in [0.15, 0.2) is 18.3 Å². The Morgan fingerprint density at radius 3 is 2.36 bits per heavy atom. The third-order valence-corrected chi connectivity index (χ3v) is 2.02. The van der Waals surface area contributed by atoms with Gasteiger partial charge in [0.15, 0.2) is 0 Å². The lowest BCUT2D eigenvalue weighted by Crippen LogP contribution is -2.01. The van der Waals surface area contributed by atoms with Crippen molar-refractivity contribution in [3.8, 4) is 0 Å². The molecule has 4 N–H and O–H groups in total. The zero-order chi connectivity index (χ0) is 10.7. The molecule has 0 fully saturated rings. The summed E-state index contributed by atoms with van der Waals surface area (Å²) in [4.78, 5) is 1.96. The highest BCUT2D eigenvalue weighted by Crippen LogP contribution is 2.21. The lowest BCUT2D eigenvalue weighted by Gasteiger charge is -2.07. The first-order valence-corrected chi connectivity index (χ1v) is 4.51. The number of nitrogen functional groups attached to an aromatic ring is 2. The van der Waals surface area contributed by atoms with Crippen LogP contribution in [0.5, 0.6) is 0 Å². The van der Waals surface area contributed by atoms with Gasteiger partial charge in [-0.3, -0.25) is 0 Å². The van der Waals surface area contributed by atoms with Gasteiger partial charge in [0.2, 0.25) is 0 Å². The highest BCUT2D eigenvalue weighted by Gasteiger charge is 1.99. The van der Waals surface area contributed by atoms with Gasteiger partial charge in [-0.05, 0) is 42.5 Å². The Hall–Kier alpha value is -1.64. The molecule has 0 aliphatic rings. The predicted octanol–water partition coefficient (Wildman–Crippen LogP) is 1.69. The van der Waals surface area contributed by atoms with Crippen LogP contribution in [0.4, 0.5) is 11.4 Å². The van der Waals surface area contributed by atoms with E-state index in [2.05, 4.69) is 0 Å². The van der Waals surface area contributed by atoms with Crippen molar-refractivity contribution in [3.05, 3.63) is 29.5 Å². The van der Waals surface area contributed by atoms with Gasteiger partial charge in [0.05, 0.1) is 0 Å². The van der Waals surface area contributed by atoms with E-state index >= 15 is 0 Å². The van der Waals surface area contributed by atoms with Crippen molar-refractivity contribution in [1.29, 1.82) is 0 Å². The molecular weight excluding hydrogens is 174 g/mol. The number of hydrogen-bond acceptors (Lipinski definition) is 3. The monoisotopic (exact) mass is 191 g/mol. The van der Waals surface area contributed by atoms with Gasteiger partial charge in [-0.1, -0.05) is 0 Å². The molecule has 0 saturated heterocycles. The summed E-state index contributed by atoms with van der Waals surface area (Å²) >= 11 is 0. The van der Waals surface area contributed by atoms with Gasteiger partial charge >= 0.3 is 0 Å². The fraction of sp³-hybridized carbons (Fsp3) is 0.273. The van der Waals surface area contributed by atoms with E-state index in [-0.39, 0.29) is 0 Å². The second-order valence-electron chi connectivity index (χ2n) is 3.62. The molecule has 1 aromatic rings. The minimum absolute atomic E-state index is 0.714. The Balaban J connectivity index is 3.04. The third-order valence-electron chi connectivity index (χ3n) is 2.02. The molecule has 0 saturated carbocycles. The second-order valence-corrected chi connectivity index (χ2v) is 3.62. The average molecular weight is 191 g/mol. The number of anilines is 2. The Labute approximate surface area is 85.0 Å². The first kappa shape index (κ1) is 10.4. The summed E-state index contributed by atoms with van der Waals surface area (Å²) in [5.41, 5.74) is 15.1. The van der Waals surface area contributed by atoms with Crippen molar-refractivity contribution in [3.63, 3.8) is 0 Å². The van der Waals surface area contributed by atoms with Crippen LogP contribution >= 0.6 is 0 Å². The Morgan fingerprint density at radius 2 is 1.79 bits per heavy atom. The minimum atomic E-state index is 0.714. The molecule has 0 unspecified atom stereocenters. The predicted molar refractivity (Wildman–Crippen MR) is 62.7 cm³/mol. The topological polar surface area (TPSA) is 55.3 Å². The Morgan fingerprint density at radius 1 is 1.14 bits per heavy atom. The summed E-state index contributed by atoms with van der Waals surface area (Å²) in [5, 5.41) is 0. The van der Waals surface area contributed by atoms with Gasteiger partial charge in [0, 0.05) is 25.5 Å². The zero-order valence-corrected chi connectivity index (χ0v) is 8.91. The van der Waals surface area contributed by atoms with Gasteiger partial charge in [-0.15, -0.1) is 0 Å². The molecule has 0 atom stereocenters. The largest absolute Gasteiger partial charge is 0.398 e. The standard InChI is InChI=1S/C11H17N3/c1-8-6-9(4-5-14(2)3)11(13)7-10(8)12/h4-7H,12-13H2,1-3H3/b5-4+. The van der Waals surface area contributed by atoms with Crippen LogP contribution in [0.1, 0.15) is 11.1 Å². The van der Waals surface area contributed by atoms with Crippen LogP contribution in [0, 0.1) is 6.92 Å². The van der Waals surface area contributed by atoms with Gasteiger partial charge < -0.3 is 16.4 Å². The number of aryl methyl sites for hydroxylation is 1. The molecule has 76 valence electrons. The van der Waals surface area contributed by atoms with E-state index < -0.39 is 0 Å². The quantitative estimate of drug-likeness (QED) is 0.699. The molecule has 0 radical (unpaired) electrons. The van der Waals surface area contributed by atoms with Crippen LogP contribution < -0.4 is 11.5 Å². The Bertz CT molecular complexity index is 354. The number of benzene rings is 1. The summed E-state index contributed by atoms with van der Waals surface area (Å²) in [6, 6.07) is 3.79. The summed E-state index contributed by atoms with van der Waals surface area (Å²) in [5.74, 6) is 0. The fourth-order valence-corrected chi connectivity index (χ4v) is 1.14. The van der Waals surface area contributed by atoms with Gasteiger partial charge in [0.1, 0.15) is 0 Å². The van der Waals surface area contributed by atoms with Crippen molar-refractivity contribution >= 4 is 17.5 Å². The lowest BCUT2D eigenvalue weighted by molar-refractivity contribution is 0.567. The van der Waals surface area contributed by atoms with Crippen molar-refractivity contribution < 1.29 is 0 Å². The van der Waals surface area contributed by atoms with Gasteiger partial charge in [-0.25, -0.2) is 0 Å². The summed E-state index contributed by atoms with van der Waals surface area (Å²) in [6.07, 6.45) is 3.93. The minimum Gasteiger partial charge on any atom is -0.398 e. The number of hydrogen-bond donors (Lipinski definition) is 2. The number of rotatable bonds is 2. The SMILES string of the molecule is Cc1cc(/C=C/N(C)C)c(N)cc1N. The molecule has 0 spiro atoms. The molecule has 0 aromatic heterocycles. The van der Waals surface area contributed by atoms with Crippen molar-refractivity contribution in [1.82, 2.24) is 4.90 Å². The lowest BCUT2D eigenvalue weighted by atomic mass is 10.1. The van der Waals surface area contributed by atoms with E-state index in [9.17, 15) is 0 Å². The number of nitrogens with zero attached hydrogens (tertiary/aromatic N) is 1. The number of nitrogens with two attached hydrogens (primary N) is 2. The first-order valence-electron chi connectivity index (χ1n) is 4.51. The van der Waals surface area contributed by atoms with E-state index in [1.807, 2.05) is 44.3 Å². The van der Waals surface area contributed by atoms with E-state index in [1.54, 1.807) is 6.07 Å². The molecule has 1 rings (SSSR count). The maximum atomic E-state index is 5.83. The molecule has 3 heteroatoms. The van der Waals surface area contributed by atoms with Crippen LogP contribution in [0.25, 0.3) is 6.08 Å². The van der Waals surface area contributed by atoms with Gasteiger partial charge in [-0.2, -0.15) is 0 Å². The fourth-order valence-electron chi connectivity index (χ4n) is 1.14. The van der Waals surface area contributed by atoms with E-state index in [0.29, 0.717) is 5.69 Å². The van der Waals surface area contributed by atoms with Crippen molar-refractivity contribution in [2.45, 2.75) is 6.92 Å². The summed E-state index contributed by atoms with van der Waals surface area (Å²) in [6.45, 7) is 1.97. The highest BCUT2D eigenvalue weighted by atomic mass is 15.0. The van der Waals surface area contributed by atoms with E-state index in [4.69, 9.17) is 11.5 Å². The summed E-state index contributed by atoms with van der Waals surface area (Å²) in [7, 11) is 3.94. The molecule has 1 aromatic carbocycles. The molecule has 0 amide bonds.